The molecule has 0 saturated carbocycles. The van der Waals surface area contributed by atoms with E-state index in [0.717, 1.165) is 20.9 Å². The number of nitrogens with zero attached hydrogens (tertiary/aromatic N) is 3. The van der Waals surface area contributed by atoms with Crippen molar-refractivity contribution >= 4 is 40.1 Å². The fourth-order valence-electron chi connectivity index (χ4n) is 4.49. The zero-order chi connectivity index (χ0) is 25.6. The molecule has 0 bridgehead atoms. The first-order chi connectivity index (χ1) is 17.1. The fourth-order valence-corrected chi connectivity index (χ4v) is 6.19. The van der Waals surface area contributed by atoms with Gasteiger partial charge in [-0.2, -0.15) is 13.2 Å². The Morgan fingerprint density at radius 2 is 1.83 bits per heavy atom. The Labute approximate surface area is 214 Å². The molecule has 0 radical (unpaired) electrons. The standard InChI is InChI=1S/C26H21ClF3N3O2S/c1-14(2)35-22(34)13-21-24-31-32-25(26(28,29)30)33(24)20-11-10-16(27)12-19(20)23(36-21)18-9-5-7-15-6-3-4-8-17(15)18/h3-12,14,21,23H,13H2,1-2H3/t21-,23-/m1/s1. The highest BCUT2D eigenvalue weighted by atomic mass is 35.5. The third-order valence-electron chi connectivity index (χ3n) is 5.87. The number of rotatable bonds is 4. The number of hydrogen-bond donors (Lipinski definition) is 0. The summed E-state index contributed by atoms with van der Waals surface area (Å²) in [6.45, 7) is 3.44. The van der Waals surface area contributed by atoms with Gasteiger partial charge < -0.3 is 4.74 Å². The number of fused-ring (bicyclic) bond motifs is 4. The lowest BCUT2D eigenvalue weighted by molar-refractivity contribution is -0.147. The van der Waals surface area contributed by atoms with Gasteiger partial charge in [0.2, 0.25) is 5.82 Å². The lowest BCUT2D eigenvalue weighted by atomic mass is 9.97. The van der Waals surface area contributed by atoms with Crippen LogP contribution in [0.1, 0.15) is 53.5 Å². The fraction of sp³-hybridized carbons (Fsp3) is 0.269. The summed E-state index contributed by atoms with van der Waals surface area (Å²) < 4.78 is 48.5. The third kappa shape index (κ3) is 4.57. The smallest absolute Gasteiger partial charge is 0.452 e. The second-order valence-electron chi connectivity index (χ2n) is 8.73. The van der Waals surface area contributed by atoms with E-state index in [0.29, 0.717) is 10.6 Å². The number of benzene rings is 3. The number of alkyl halides is 3. The number of thioether (sulfide) groups is 1. The summed E-state index contributed by atoms with van der Waals surface area (Å²) in [4.78, 5) is 12.7. The lowest BCUT2D eigenvalue weighted by Crippen LogP contribution is -2.18. The summed E-state index contributed by atoms with van der Waals surface area (Å²) >= 11 is 7.71. The van der Waals surface area contributed by atoms with E-state index in [9.17, 15) is 18.0 Å². The second kappa shape index (κ2) is 9.44. The van der Waals surface area contributed by atoms with Crippen molar-refractivity contribution in [3.8, 4) is 5.69 Å². The minimum Gasteiger partial charge on any atom is -0.463 e. The van der Waals surface area contributed by atoms with Crippen LogP contribution in [0.25, 0.3) is 16.5 Å². The molecule has 5 rings (SSSR count). The minimum absolute atomic E-state index is 0.0411. The lowest BCUT2D eigenvalue weighted by Gasteiger charge is -2.22. The minimum atomic E-state index is -4.75. The van der Waals surface area contributed by atoms with Crippen molar-refractivity contribution < 1.29 is 22.7 Å². The molecule has 0 spiro atoms. The van der Waals surface area contributed by atoms with Crippen LogP contribution in [0.5, 0.6) is 0 Å². The molecule has 186 valence electrons. The van der Waals surface area contributed by atoms with E-state index in [2.05, 4.69) is 10.2 Å². The van der Waals surface area contributed by atoms with Gasteiger partial charge in [0.1, 0.15) is 0 Å². The number of hydrogen-bond acceptors (Lipinski definition) is 5. The van der Waals surface area contributed by atoms with Crippen LogP contribution in [0, 0.1) is 0 Å². The number of carbonyl (C=O) groups excluding carboxylic acids is 1. The summed E-state index contributed by atoms with van der Waals surface area (Å²) in [5.74, 6) is -1.63. The first kappa shape index (κ1) is 24.6. The highest BCUT2D eigenvalue weighted by Crippen LogP contribution is 2.53. The Morgan fingerprint density at radius 1 is 1.08 bits per heavy atom. The zero-order valence-corrected chi connectivity index (χ0v) is 20.9. The molecule has 36 heavy (non-hydrogen) atoms. The molecular weight excluding hydrogens is 511 g/mol. The van der Waals surface area contributed by atoms with Crippen LogP contribution < -0.4 is 0 Å². The molecule has 0 aliphatic carbocycles. The van der Waals surface area contributed by atoms with Crippen molar-refractivity contribution in [2.45, 2.75) is 43.0 Å². The van der Waals surface area contributed by atoms with Crippen molar-refractivity contribution in [1.29, 1.82) is 0 Å². The van der Waals surface area contributed by atoms with Crippen LogP contribution in [0.15, 0.2) is 60.7 Å². The quantitative estimate of drug-likeness (QED) is 0.258. The SMILES string of the molecule is CC(C)OC(=O)C[C@H]1S[C@H](c2cccc3ccccc23)c2cc(Cl)ccc2-n2c1nnc2C(F)(F)F. The van der Waals surface area contributed by atoms with Crippen molar-refractivity contribution in [1.82, 2.24) is 14.8 Å². The van der Waals surface area contributed by atoms with Gasteiger partial charge in [-0.05, 0) is 53.9 Å². The van der Waals surface area contributed by atoms with Crippen LogP contribution in [0.2, 0.25) is 5.02 Å². The number of aromatic nitrogens is 3. The summed E-state index contributed by atoms with van der Waals surface area (Å²) in [6.07, 6.45) is -5.28. The second-order valence-corrected chi connectivity index (χ2v) is 10.5. The van der Waals surface area contributed by atoms with Gasteiger partial charge >= 0.3 is 12.1 Å². The van der Waals surface area contributed by atoms with Crippen LogP contribution in [-0.2, 0) is 15.7 Å². The Balaban J connectivity index is 1.76. The van der Waals surface area contributed by atoms with Crippen LogP contribution in [0.4, 0.5) is 13.2 Å². The number of esters is 1. The Morgan fingerprint density at radius 3 is 2.58 bits per heavy atom. The zero-order valence-electron chi connectivity index (χ0n) is 19.3. The monoisotopic (exact) mass is 531 g/mol. The van der Waals surface area contributed by atoms with Gasteiger partial charge in [0, 0.05) is 5.02 Å². The van der Waals surface area contributed by atoms with E-state index in [1.807, 2.05) is 42.5 Å². The largest absolute Gasteiger partial charge is 0.463 e. The highest BCUT2D eigenvalue weighted by Gasteiger charge is 2.43. The van der Waals surface area contributed by atoms with E-state index in [1.165, 1.54) is 11.8 Å². The van der Waals surface area contributed by atoms with Gasteiger partial charge in [0.05, 0.1) is 28.7 Å². The van der Waals surface area contributed by atoms with Crippen LogP contribution >= 0.6 is 23.4 Å². The summed E-state index contributed by atoms with van der Waals surface area (Å²) in [5.41, 5.74) is 1.75. The van der Waals surface area contributed by atoms with Gasteiger partial charge in [0.15, 0.2) is 5.82 Å². The number of ether oxygens (including phenoxy) is 1. The van der Waals surface area contributed by atoms with Gasteiger partial charge in [-0.25, -0.2) is 0 Å². The molecule has 5 nitrogen and oxygen atoms in total. The van der Waals surface area contributed by atoms with E-state index in [4.69, 9.17) is 16.3 Å². The van der Waals surface area contributed by atoms with Crippen LogP contribution in [-0.4, -0.2) is 26.8 Å². The van der Waals surface area contributed by atoms with Gasteiger partial charge in [-0.1, -0.05) is 54.1 Å². The molecule has 2 atom stereocenters. The topological polar surface area (TPSA) is 57.0 Å². The summed E-state index contributed by atoms with van der Waals surface area (Å²) in [5, 5.41) is 8.58. The maximum absolute atomic E-state index is 14.1. The van der Waals surface area contributed by atoms with E-state index in [1.54, 1.807) is 32.0 Å². The molecule has 3 aromatic carbocycles. The molecule has 0 amide bonds. The predicted molar refractivity (Wildman–Crippen MR) is 133 cm³/mol. The Kier molecular flexibility index (Phi) is 6.46. The normalized spacial score (nSPS) is 17.5. The number of halogens is 4. The Bertz CT molecular complexity index is 1450. The summed E-state index contributed by atoms with van der Waals surface area (Å²) in [7, 11) is 0. The molecule has 2 heterocycles. The predicted octanol–water partition coefficient (Wildman–Crippen LogP) is 7.31. The molecule has 1 aromatic heterocycles. The first-order valence-corrected chi connectivity index (χ1v) is 12.6. The molecule has 0 saturated heterocycles. The molecule has 10 heteroatoms. The van der Waals surface area contributed by atoms with Crippen molar-refractivity contribution in [3.05, 3.63) is 88.5 Å². The van der Waals surface area contributed by atoms with E-state index in [-0.39, 0.29) is 24.0 Å². The van der Waals surface area contributed by atoms with Gasteiger partial charge in [-0.3, -0.25) is 9.36 Å². The van der Waals surface area contributed by atoms with Gasteiger partial charge in [-0.15, -0.1) is 22.0 Å². The van der Waals surface area contributed by atoms with E-state index >= 15 is 0 Å². The van der Waals surface area contributed by atoms with Gasteiger partial charge in [0.25, 0.3) is 0 Å². The Hall–Kier alpha value is -3.04. The molecule has 4 aromatic rings. The number of carbonyl (C=O) groups is 1. The van der Waals surface area contributed by atoms with Crippen molar-refractivity contribution in [2.75, 3.05) is 0 Å². The molecule has 1 aliphatic heterocycles. The molecule has 1 aliphatic rings. The molecule has 0 N–H and O–H groups in total. The molecule has 0 unspecified atom stereocenters. The average molecular weight is 532 g/mol. The maximum Gasteiger partial charge on any atom is 0.452 e. The third-order valence-corrected chi connectivity index (χ3v) is 7.59. The molecule has 0 fully saturated rings. The van der Waals surface area contributed by atoms with Crippen LogP contribution in [0.3, 0.4) is 0 Å². The van der Waals surface area contributed by atoms with E-state index < -0.39 is 28.5 Å². The average Bonchev–Trinajstić information content (AvgIpc) is 3.22. The highest BCUT2D eigenvalue weighted by molar-refractivity contribution is 8.00. The first-order valence-electron chi connectivity index (χ1n) is 11.3. The van der Waals surface area contributed by atoms with Crippen molar-refractivity contribution in [3.63, 3.8) is 0 Å². The molecular formula is C26H21ClF3N3O2S. The maximum atomic E-state index is 14.1. The summed E-state index contributed by atoms with van der Waals surface area (Å²) in [6, 6.07) is 18.4. The van der Waals surface area contributed by atoms with Crippen molar-refractivity contribution in [2.24, 2.45) is 0 Å².